The Hall–Kier alpha value is -2.34. The second kappa shape index (κ2) is 5.11. The standard InChI is InChI=1S/C12H9ClN2O4/c1-6-5-14-19-10(6)11(16)15-9-3-7(12(17)18)2-8(13)4-9/h2-5H,1H3,(H,15,16)(H,17,18). The zero-order valence-electron chi connectivity index (χ0n) is 9.81. The predicted octanol–water partition coefficient (Wildman–Crippen LogP) is 2.59. The van der Waals surface area contributed by atoms with Crippen molar-refractivity contribution in [2.45, 2.75) is 6.92 Å². The number of aromatic nitrogens is 1. The molecular weight excluding hydrogens is 272 g/mol. The molecule has 1 heterocycles. The van der Waals surface area contributed by atoms with E-state index in [2.05, 4.69) is 10.5 Å². The van der Waals surface area contributed by atoms with Gasteiger partial charge in [0.25, 0.3) is 5.91 Å². The summed E-state index contributed by atoms with van der Waals surface area (Å²) >= 11 is 5.78. The molecular formula is C12H9ClN2O4. The molecule has 2 rings (SSSR count). The summed E-state index contributed by atoms with van der Waals surface area (Å²) < 4.78 is 4.79. The molecule has 0 aliphatic carbocycles. The third kappa shape index (κ3) is 2.92. The van der Waals surface area contributed by atoms with Crippen LogP contribution < -0.4 is 5.32 Å². The monoisotopic (exact) mass is 280 g/mol. The minimum Gasteiger partial charge on any atom is -0.478 e. The van der Waals surface area contributed by atoms with Crippen molar-refractivity contribution in [1.82, 2.24) is 5.16 Å². The van der Waals surface area contributed by atoms with Crippen LogP contribution in [0.1, 0.15) is 26.5 Å². The number of rotatable bonds is 3. The van der Waals surface area contributed by atoms with Crippen LogP contribution in [-0.2, 0) is 0 Å². The summed E-state index contributed by atoms with van der Waals surface area (Å²) in [6.07, 6.45) is 1.41. The number of amides is 1. The third-order valence-electron chi connectivity index (χ3n) is 2.36. The lowest BCUT2D eigenvalue weighted by molar-refractivity contribution is 0.0696. The highest BCUT2D eigenvalue weighted by Crippen LogP contribution is 2.20. The summed E-state index contributed by atoms with van der Waals surface area (Å²) in [5, 5.41) is 15.1. The summed E-state index contributed by atoms with van der Waals surface area (Å²) in [7, 11) is 0. The van der Waals surface area contributed by atoms with Crippen LogP contribution in [0.4, 0.5) is 5.69 Å². The summed E-state index contributed by atoms with van der Waals surface area (Å²) in [6.45, 7) is 1.67. The van der Waals surface area contributed by atoms with Crippen LogP contribution in [-0.4, -0.2) is 22.1 Å². The van der Waals surface area contributed by atoms with Crippen molar-refractivity contribution >= 4 is 29.2 Å². The number of hydrogen-bond acceptors (Lipinski definition) is 4. The number of nitrogens with zero attached hydrogens (tertiary/aromatic N) is 1. The molecule has 1 aromatic heterocycles. The Kier molecular flexibility index (Phi) is 3.52. The lowest BCUT2D eigenvalue weighted by Crippen LogP contribution is -2.12. The van der Waals surface area contributed by atoms with Gasteiger partial charge in [0.2, 0.25) is 5.76 Å². The van der Waals surface area contributed by atoms with Gasteiger partial charge in [-0.1, -0.05) is 16.8 Å². The summed E-state index contributed by atoms with van der Waals surface area (Å²) in [5.74, 6) is -1.58. The van der Waals surface area contributed by atoms with Crippen molar-refractivity contribution in [2.75, 3.05) is 5.32 Å². The van der Waals surface area contributed by atoms with Gasteiger partial charge in [0.05, 0.1) is 11.8 Å². The fourth-order valence-electron chi connectivity index (χ4n) is 1.48. The van der Waals surface area contributed by atoms with Crippen LogP contribution in [0.15, 0.2) is 28.9 Å². The van der Waals surface area contributed by atoms with Crippen LogP contribution in [0.2, 0.25) is 5.02 Å². The molecule has 1 aromatic carbocycles. The molecule has 0 aliphatic rings. The molecule has 0 saturated carbocycles. The molecule has 98 valence electrons. The van der Waals surface area contributed by atoms with Gasteiger partial charge in [-0.15, -0.1) is 0 Å². The molecule has 2 aromatic rings. The van der Waals surface area contributed by atoms with Crippen molar-refractivity contribution in [2.24, 2.45) is 0 Å². The third-order valence-corrected chi connectivity index (χ3v) is 2.58. The van der Waals surface area contributed by atoms with Gasteiger partial charge in [0.15, 0.2) is 0 Å². The summed E-state index contributed by atoms with van der Waals surface area (Å²) in [6, 6.07) is 4.04. The Bertz CT molecular complexity index is 651. The Morgan fingerprint density at radius 3 is 2.68 bits per heavy atom. The number of aryl methyl sites for hydroxylation is 1. The number of halogens is 1. The Morgan fingerprint density at radius 2 is 2.11 bits per heavy atom. The highest BCUT2D eigenvalue weighted by atomic mass is 35.5. The van der Waals surface area contributed by atoms with Gasteiger partial charge in [-0.05, 0) is 25.1 Å². The number of carboxylic acid groups (broad SMARTS) is 1. The molecule has 0 fully saturated rings. The molecule has 0 spiro atoms. The number of aromatic carboxylic acids is 1. The zero-order valence-corrected chi connectivity index (χ0v) is 10.6. The average Bonchev–Trinajstić information content (AvgIpc) is 2.74. The number of benzene rings is 1. The summed E-state index contributed by atoms with van der Waals surface area (Å²) in [4.78, 5) is 22.7. The maximum absolute atomic E-state index is 11.9. The highest BCUT2D eigenvalue weighted by Gasteiger charge is 2.15. The van der Waals surface area contributed by atoms with Crippen LogP contribution in [0.5, 0.6) is 0 Å². The number of hydrogen-bond donors (Lipinski definition) is 2. The van der Waals surface area contributed by atoms with Crippen molar-refractivity contribution in [3.05, 3.63) is 46.3 Å². The van der Waals surface area contributed by atoms with Crippen molar-refractivity contribution < 1.29 is 19.2 Å². The molecule has 1 amide bonds. The van der Waals surface area contributed by atoms with Gasteiger partial charge in [-0.2, -0.15) is 0 Å². The molecule has 7 heteroatoms. The van der Waals surface area contributed by atoms with E-state index in [1.54, 1.807) is 6.92 Å². The predicted molar refractivity (Wildman–Crippen MR) is 67.6 cm³/mol. The van der Waals surface area contributed by atoms with Gasteiger partial charge in [-0.25, -0.2) is 4.79 Å². The highest BCUT2D eigenvalue weighted by molar-refractivity contribution is 6.31. The van der Waals surface area contributed by atoms with Crippen molar-refractivity contribution in [3.63, 3.8) is 0 Å². The first-order valence-corrected chi connectivity index (χ1v) is 5.61. The molecule has 0 atom stereocenters. The van der Waals surface area contributed by atoms with E-state index < -0.39 is 11.9 Å². The summed E-state index contributed by atoms with van der Waals surface area (Å²) in [5.41, 5.74) is 0.834. The van der Waals surface area contributed by atoms with E-state index in [-0.39, 0.29) is 22.0 Å². The molecule has 6 nitrogen and oxygen atoms in total. The SMILES string of the molecule is Cc1cnoc1C(=O)Nc1cc(Cl)cc(C(=O)O)c1. The minimum absolute atomic E-state index is 0.0166. The molecule has 0 saturated heterocycles. The first-order valence-electron chi connectivity index (χ1n) is 5.24. The fourth-order valence-corrected chi connectivity index (χ4v) is 1.72. The Morgan fingerprint density at radius 1 is 1.37 bits per heavy atom. The van der Waals surface area contributed by atoms with Gasteiger partial charge in [-0.3, -0.25) is 4.79 Å². The average molecular weight is 281 g/mol. The smallest absolute Gasteiger partial charge is 0.335 e. The Labute approximate surface area is 113 Å². The molecule has 0 unspecified atom stereocenters. The lowest BCUT2D eigenvalue weighted by atomic mass is 10.2. The topological polar surface area (TPSA) is 92.4 Å². The van der Waals surface area contributed by atoms with Gasteiger partial charge < -0.3 is 14.9 Å². The van der Waals surface area contributed by atoms with E-state index in [1.165, 1.54) is 24.4 Å². The first kappa shape index (κ1) is 13.1. The number of anilines is 1. The largest absolute Gasteiger partial charge is 0.478 e. The molecule has 0 aliphatic heterocycles. The van der Waals surface area contributed by atoms with E-state index in [0.717, 1.165) is 0 Å². The van der Waals surface area contributed by atoms with Crippen LogP contribution in [0.3, 0.4) is 0 Å². The molecule has 0 radical (unpaired) electrons. The van der Waals surface area contributed by atoms with E-state index in [9.17, 15) is 9.59 Å². The normalized spacial score (nSPS) is 10.2. The van der Waals surface area contributed by atoms with Crippen molar-refractivity contribution in [1.29, 1.82) is 0 Å². The van der Waals surface area contributed by atoms with E-state index >= 15 is 0 Å². The zero-order chi connectivity index (χ0) is 14.0. The second-order valence-electron chi connectivity index (χ2n) is 3.83. The van der Waals surface area contributed by atoms with Gasteiger partial charge in [0, 0.05) is 16.3 Å². The maximum Gasteiger partial charge on any atom is 0.335 e. The second-order valence-corrected chi connectivity index (χ2v) is 4.26. The van der Waals surface area contributed by atoms with Crippen molar-refractivity contribution in [3.8, 4) is 0 Å². The van der Waals surface area contributed by atoms with Crippen LogP contribution in [0, 0.1) is 6.92 Å². The quantitative estimate of drug-likeness (QED) is 0.901. The number of nitrogens with one attached hydrogen (secondary N) is 1. The number of carbonyl (C=O) groups is 2. The lowest BCUT2D eigenvalue weighted by Gasteiger charge is -2.05. The van der Waals surface area contributed by atoms with E-state index in [4.69, 9.17) is 21.2 Å². The van der Waals surface area contributed by atoms with Gasteiger partial charge in [0.1, 0.15) is 0 Å². The first-order chi connectivity index (χ1) is 8.97. The minimum atomic E-state index is -1.13. The van der Waals surface area contributed by atoms with Crippen LogP contribution >= 0.6 is 11.6 Å². The van der Waals surface area contributed by atoms with Crippen LogP contribution in [0.25, 0.3) is 0 Å². The number of carboxylic acids is 1. The molecule has 19 heavy (non-hydrogen) atoms. The molecule has 0 bridgehead atoms. The van der Waals surface area contributed by atoms with E-state index in [0.29, 0.717) is 5.56 Å². The van der Waals surface area contributed by atoms with E-state index in [1.807, 2.05) is 0 Å². The van der Waals surface area contributed by atoms with Gasteiger partial charge >= 0.3 is 5.97 Å². The Balaban J connectivity index is 2.26. The maximum atomic E-state index is 11.9. The fraction of sp³-hybridized carbons (Fsp3) is 0.0833. The number of carbonyl (C=O) groups excluding carboxylic acids is 1. The molecule has 2 N–H and O–H groups in total.